The van der Waals surface area contributed by atoms with E-state index >= 15 is 0 Å². The Balaban J connectivity index is 1.45. The number of piperidine rings is 1. The summed E-state index contributed by atoms with van der Waals surface area (Å²) in [6.45, 7) is 1.10. The van der Waals surface area contributed by atoms with E-state index in [4.69, 9.17) is 0 Å². The maximum atomic E-state index is 13.0. The van der Waals surface area contributed by atoms with Crippen LogP contribution < -0.4 is 10.9 Å². The molecule has 0 atom stereocenters. The van der Waals surface area contributed by atoms with Crippen LogP contribution in [0.3, 0.4) is 0 Å². The van der Waals surface area contributed by atoms with Crippen LogP contribution in [-0.2, 0) is 0 Å². The van der Waals surface area contributed by atoms with E-state index in [0.717, 1.165) is 5.39 Å². The molecule has 2 N–H and O–H groups in total. The SMILES string of the molecule is O=C(NC1CCN(C(=O)c2cc(=O)[nH]c3ccccc23)CC1)c1cccs1. The van der Waals surface area contributed by atoms with Crippen molar-refractivity contribution in [1.82, 2.24) is 15.2 Å². The molecule has 1 aliphatic heterocycles. The number of aromatic amines is 1. The van der Waals surface area contributed by atoms with Gasteiger partial charge in [-0.1, -0.05) is 24.3 Å². The van der Waals surface area contributed by atoms with Crippen LogP contribution in [0.4, 0.5) is 0 Å². The number of amides is 2. The number of hydrogen-bond acceptors (Lipinski definition) is 4. The molecule has 1 fully saturated rings. The molecule has 0 radical (unpaired) electrons. The summed E-state index contributed by atoms with van der Waals surface area (Å²) in [4.78, 5) is 42.3. The van der Waals surface area contributed by atoms with Crippen molar-refractivity contribution in [2.45, 2.75) is 18.9 Å². The molecule has 138 valence electrons. The average Bonchev–Trinajstić information content (AvgIpc) is 3.22. The van der Waals surface area contributed by atoms with Gasteiger partial charge in [-0.25, -0.2) is 0 Å². The third-order valence-corrected chi connectivity index (χ3v) is 5.71. The molecule has 7 heteroatoms. The van der Waals surface area contributed by atoms with E-state index in [1.54, 1.807) is 17.0 Å². The number of hydrogen-bond donors (Lipinski definition) is 2. The highest BCUT2D eigenvalue weighted by atomic mass is 32.1. The molecule has 0 aliphatic carbocycles. The molecule has 2 amide bonds. The van der Waals surface area contributed by atoms with Crippen LogP contribution in [0.1, 0.15) is 32.9 Å². The average molecular weight is 381 g/mol. The number of H-pyrrole nitrogens is 1. The minimum absolute atomic E-state index is 0.0552. The van der Waals surface area contributed by atoms with E-state index in [1.807, 2.05) is 29.6 Å². The summed E-state index contributed by atoms with van der Waals surface area (Å²) in [7, 11) is 0. The number of carbonyl (C=O) groups excluding carboxylic acids is 2. The molecule has 1 aromatic carbocycles. The zero-order chi connectivity index (χ0) is 18.8. The van der Waals surface area contributed by atoms with Crippen LogP contribution in [0.15, 0.2) is 52.6 Å². The second kappa shape index (κ2) is 7.36. The van der Waals surface area contributed by atoms with Crippen molar-refractivity contribution >= 4 is 34.1 Å². The van der Waals surface area contributed by atoms with Gasteiger partial charge in [-0.3, -0.25) is 14.4 Å². The normalized spacial score (nSPS) is 15.0. The maximum Gasteiger partial charge on any atom is 0.261 e. The molecule has 0 unspecified atom stereocenters. The molecule has 3 aromatic rings. The first kappa shape index (κ1) is 17.5. The predicted molar refractivity (Wildman–Crippen MR) is 105 cm³/mol. The number of pyridine rings is 1. The summed E-state index contributed by atoms with van der Waals surface area (Å²) >= 11 is 1.42. The Labute approximate surface area is 159 Å². The van der Waals surface area contributed by atoms with E-state index in [9.17, 15) is 14.4 Å². The number of nitrogens with one attached hydrogen (secondary N) is 2. The molecule has 0 bridgehead atoms. The molecular formula is C20H19N3O3S. The summed E-state index contributed by atoms with van der Waals surface area (Å²) in [5.41, 5.74) is 0.803. The number of carbonyl (C=O) groups is 2. The first-order valence-electron chi connectivity index (χ1n) is 8.87. The van der Waals surface area contributed by atoms with Gasteiger partial charge in [0.2, 0.25) is 5.56 Å². The van der Waals surface area contributed by atoms with Gasteiger partial charge in [0.05, 0.1) is 10.4 Å². The third-order valence-electron chi connectivity index (χ3n) is 4.84. The van der Waals surface area contributed by atoms with Gasteiger partial charge >= 0.3 is 0 Å². The summed E-state index contributed by atoms with van der Waals surface area (Å²) in [6, 6.07) is 12.4. The second-order valence-electron chi connectivity index (χ2n) is 6.61. The number of fused-ring (bicyclic) bond motifs is 1. The Morgan fingerprint density at radius 1 is 1.11 bits per heavy atom. The molecular weight excluding hydrogens is 362 g/mol. The third kappa shape index (κ3) is 3.64. The lowest BCUT2D eigenvalue weighted by Crippen LogP contribution is -2.46. The number of rotatable bonds is 3. The van der Waals surface area contributed by atoms with Crippen molar-refractivity contribution in [2.24, 2.45) is 0 Å². The summed E-state index contributed by atoms with van der Waals surface area (Å²) < 4.78 is 0. The van der Waals surface area contributed by atoms with Crippen LogP contribution in [-0.4, -0.2) is 40.8 Å². The quantitative estimate of drug-likeness (QED) is 0.732. The number of aromatic nitrogens is 1. The number of likely N-dealkylation sites (tertiary alicyclic amines) is 1. The predicted octanol–water partition coefficient (Wildman–Crippen LogP) is 2.62. The molecule has 1 saturated heterocycles. The van der Waals surface area contributed by atoms with Crippen molar-refractivity contribution in [3.63, 3.8) is 0 Å². The smallest absolute Gasteiger partial charge is 0.261 e. The van der Waals surface area contributed by atoms with Gasteiger partial charge in [-0.15, -0.1) is 11.3 Å². The Morgan fingerprint density at radius 3 is 2.63 bits per heavy atom. The van der Waals surface area contributed by atoms with Crippen LogP contribution >= 0.6 is 11.3 Å². The maximum absolute atomic E-state index is 13.0. The Hall–Kier alpha value is -2.93. The largest absolute Gasteiger partial charge is 0.348 e. The van der Waals surface area contributed by atoms with Crippen molar-refractivity contribution in [2.75, 3.05) is 13.1 Å². The molecule has 0 saturated carbocycles. The molecule has 1 aliphatic rings. The molecule has 27 heavy (non-hydrogen) atoms. The molecule has 3 heterocycles. The highest BCUT2D eigenvalue weighted by Gasteiger charge is 2.26. The Bertz CT molecular complexity index is 1030. The highest BCUT2D eigenvalue weighted by molar-refractivity contribution is 7.12. The fraction of sp³-hybridized carbons (Fsp3) is 0.250. The van der Waals surface area contributed by atoms with E-state index < -0.39 is 0 Å². The summed E-state index contributed by atoms with van der Waals surface area (Å²) in [6.07, 6.45) is 1.40. The van der Waals surface area contributed by atoms with Crippen molar-refractivity contribution in [3.8, 4) is 0 Å². The topological polar surface area (TPSA) is 82.3 Å². The van der Waals surface area contributed by atoms with Gasteiger partial charge in [0.25, 0.3) is 11.8 Å². The van der Waals surface area contributed by atoms with Gasteiger partial charge in [0, 0.05) is 36.1 Å². The first-order chi connectivity index (χ1) is 13.1. The van der Waals surface area contributed by atoms with E-state index in [-0.39, 0.29) is 23.4 Å². The van der Waals surface area contributed by atoms with Gasteiger partial charge < -0.3 is 15.2 Å². The van der Waals surface area contributed by atoms with Crippen LogP contribution in [0.25, 0.3) is 10.9 Å². The van der Waals surface area contributed by atoms with Crippen LogP contribution in [0.5, 0.6) is 0 Å². The number of para-hydroxylation sites is 1. The lowest BCUT2D eigenvalue weighted by Gasteiger charge is -2.32. The fourth-order valence-corrected chi connectivity index (χ4v) is 4.07. The summed E-state index contributed by atoms with van der Waals surface area (Å²) in [5, 5.41) is 5.66. The number of thiophene rings is 1. The summed E-state index contributed by atoms with van der Waals surface area (Å²) in [5.74, 6) is -0.198. The molecule has 0 spiro atoms. The van der Waals surface area contributed by atoms with Crippen molar-refractivity contribution in [3.05, 3.63) is 68.6 Å². The fourth-order valence-electron chi connectivity index (χ4n) is 3.44. The Kier molecular flexibility index (Phi) is 4.77. The van der Waals surface area contributed by atoms with Crippen molar-refractivity contribution in [1.29, 1.82) is 0 Å². The minimum atomic E-state index is -0.282. The van der Waals surface area contributed by atoms with Gasteiger partial charge in [-0.05, 0) is 30.4 Å². The van der Waals surface area contributed by atoms with E-state index in [2.05, 4.69) is 10.3 Å². The standard InChI is InChI=1S/C20H19N3O3S/c24-18-12-15(14-4-1-2-5-16(14)22-18)20(26)23-9-7-13(8-10-23)21-19(25)17-6-3-11-27-17/h1-6,11-13H,7-10H2,(H,21,25)(H,22,24). The minimum Gasteiger partial charge on any atom is -0.348 e. The second-order valence-corrected chi connectivity index (χ2v) is 7.56. The lowest BCUT2D eigenvalue weighted by atomic mass is 10.0. The van der Waals surface area contributed by atoms with Gasteiger partial charge in [0.1, 0.15) is 0 Å². The molecule has 4 rings (SSSR count). The van der Waals surface area contributed by atoms with Gasteiger partial charge in [-0.2, -0.15) is 0 Å². The lowest BCUT2D eigenvalue weighted by molar-refractivity contribution is 0.0700. The van der Waals surface area contributed by atoms with Gasteiger partial charge in [0.15, 0.2) is 0 Å². The number of benzene rings is 1. The van der Waals surface area contributed by atoms with Crippen LogP contribution in [0, 0.1) is 0 Å². The van der Waals surface area contributed by atoms with Crippen molar-refractivity contribution < 1.29 is 9.59 Å². The molecule has 2 aromatic heterocycles. The van der Waals surface area contributed by atoms with E-state index in [0.29, 0.717) is 41.9 Å². The molecule has 6 nitrogen and oxygen atoms in total. The zero-order valence-electron chi connectivity index (χ0n) is 14.6. The zero-order valence-corrected chi connectivity index (χ0v) is 15.4. The van der Waals surface area contributed by atoms with Crippen LogP contribution in [0.2, 0.25) is 0 Å². The first-order valence-corrected chi connectivity index (χ1v) is 9.75. The monoisotopic (exact) mass is 381 g/mol. The van der Waals surface area contributed by atoms with E-state index in [1.165, 1.54) is 17.4 Å². The Morgan fingerprint density at radius 2 is 1.89 bits per heavy atom. The number of nitrogens with zero attached hydrogens (tertiary/aromatic N) is 1. The highest BCUT2D eigenvalue weighted by Crippen LogP contribution is 2.20.